The van der Waals surface area contributed by atoms with E-state index in [-0.39, 0.29) is 11.9 Å². The van der Waals surface area contributed by atoms with Gasteiger partial charge in [-0.1, -0.05) is 13.0 Å². The largest absolute Gasteiger partial charge is 0.493 e. The highest BCUT2D eigenvalue weighted by molar-refractivity contribution is 8.19. The van der Waals surface area contributed by atoms with Gasteiger partial charge in [-0.3, -0.25) is 4.79 Å². The summed E-state index contributed by atoms with van der Waals surface area (Å²) in [6.45, 7) is 2.07. The van der Waals surface area contributed by atoms with E-state index in [0.717, 1.165) is 6.42 Å². The number of rotatable bonds is 4. The third kappa shape index (κ3) is 2.93. The first-order valence-electron chi connectivity index (χ1n) is 6.82. The molecule has 0 spiro atoms. The smallest absolute Gasteiger partial charge is 0.314 e. The first-order valence-corrected chi connectivity index (χ1v) is 8.91. The Bertz CT molecular complexity index is 512. The van der Waals surface area contributed by atoms with Crippen LogP contribution in [0.2, 0.25) is 0 Å². The molecule has 0 N–H and O–H groups in total. The minimum absolute atomic E-state index is 0.0697. The zero-order chi connectivity index (χ0) is 14.1. The Labute approximate surface area is 127 Å². The minimum Gasteiger partial charge on any atom is -0.493 e. The number of esters is 1. The number of methoxy groups -OCH3 is 1. The summed E-state index contributed by atoms with van der Waals surface area (Å²) in [5.74, 6) is 3.96. The Morgan fingerprint density at radius 1 is 1.25 bits per heavy atom. The molecule has 0 aromatic heterocycles. The van der Waals surface area contributed by atoms with Crippen molar-refractivity contribution in [2.24, 2.45) is 11.8 Å². The second-order valence-electron chi connectivity index (χ2n) is 5.22. The average Bonchev–Trinajstić information content (AvgIpc) is 2.97. The number of hydrogen-bond donors (Lipinski definition) is 0. The molecule has 5 heteroatoms. The maximum atomic E-state index is 11.9. The van der Waals surface area contributed by atoms with Crippen molar-refractivity contribution < 1.29 is 14.3 Å². The van der Waals surface area contributed by atoms with Crippen molar-refractivity contribution in [2.75, 3.05) is 18.6 Å². The van der Waals surface area contributed by atoms with Crippen LogP contribution in [0.4, 0.5) is 0 Å². The van der Waals surface area contributed by atoms with Crippen LogP contribution < -0.4 is 9.47 Å². The lowest BCUT2D eigenvalue weighted by Crippen LogP contribution is -2.11. The molecule has 3 rings (SSSR count). The summed E-state index contributed by atoms with van der Waals surface area (Å²) in [7, 11) is 1.62. The molecule has 0 amide bonds. The standard InChI is InChI=1S/C15H18O3S2/c1-9-7-11(9)14(16)18-12-4-3-10(8-13(12)17-2)15-19-5-6-20-15/h3-4,8-9,11,15H,5-7H2,1-2H3. The fourth-order valence-electron chi connectivity index (χ4n) is 2.30. The van der Waals surface area contributed by atoms with Crippen LogP contribution in [-0.2, 0) is 4.79 Å². The topological polar surface area (TPSA) is 35.5 Å². The van der Waals surface area contributed by atoms with Crippen LogP contribution >= 0.6 is 23.5 Å². The quantitative estimate of drug-likeness (QED) is 0.625. The number of hydrogen-bond acceptors (Lipinski definition) is 5. The van der Waals surface area contributed by atoms with Crippen LogP contribution in [0.1, 0.15) is 23.5 Å². The molecule has 1 aliphatic heterocycles. The van der Waals surface area contributed by atoms with Crippen LogP contribution in [0.3, 0.4) is 0 Å². The van der Waals surface area contributed by atoms with Crippen molar-refractivity contribution in [1.29, 1.82) is 0 Å². The van der Waals surface area contributed by atoms with Crippen molar-refractivity contribution in [3.8, 4) is 11.5 Å². The van der Waals surface area contributed by atoms with Gasteiger partial charge in [-0.05, 0) is 30.0 Å². The van der Waals surface area contributed by atoms with Gasteiger partial charge in [0.1, 0.15) is 0 Å². The molecule has 108 valence electrons. The van der Waals surface area contributed by atoms with E-state index in [1.807, 2.05) is 41.7 Å². The zero-order valence-electron chi connectivity index (χ0n) is 11.6. The molecule has 1 heterocycles. The SMILES string of the molecule is COc1cc(C2SCCS2)ccc1OC(=O)C1CC1C. The lowest BCUT2D eigenvalue weighted by Gasteiger charge is -2.13. The van der Waals surface area contributed by atoms with Gasteiger partial charge >= 0.3 is 5.97 Å². The molecule has 0 radical (unpaired) electrons. The molecule has 20 heavy (non-hydrogen) atoms. The van der Waals surface area contributed by atoms with E-state index in [9.17, 15) is 4.79 Å². The van der Waals surface area contributed by atoms with Gasteiger partial charge in [-0.15, -0.1) is 23.5 Å². The summed E-state index contributed by atoms with van der Waals surface area (Å²) in [6, 6.07) is 5.89. The number of benzene rings is 1. The molecular formula is C15H18O3S2. The third-order valence-electron chi connectivity index (χ3n) is 3.70. The molecular weight excluding hydrogens is 292 g/mol. The molecule has 1 aliphatic carbocycles. The highest BCUT2D eigenvalue weighted by atomic mass is 32.2. The minimum atomic E-state index is -0.131. The lowest BCUT2D eigenvalue weighted by molar-refractivity contribution is -0.136. The predicted octanol–water partition coefficient (Wildman–Crippen LogP) is 3.74. The van der Waals surface area contributed by atoms with Crippen molar-refractivity contribution in [3.63, 3.8) is 0 Å². The van der Waals surface area contributed by atoms with Gasteiger partial charge in [0.15, 0.2) is 11.5 Å². The van der Waals surface area contributed by atoms with E-state index >= 15 is 0 Å². The van der Waals surface area contributed by atoms with Crippen molar-refractivity contribution in [1.82, 2.24) is 0 Å². The van der Waals surface area contributed by atoms with E-state index in [1.54, 1.807) is 7.11 Å². The molecule has 0 bridgehead atoms. The Balaban J connectivity index is 1.75. The fourth-order valence-corrected chi connectivity index (χ4v) is 5.14. The molecule has 1 aromatic rings. The second kappa shape index (κ2) is 5.90. The van der Waals surface area contributed by atoms with Crippen molar-refractivity contribution in [2.45, 2.75) is 17.9 Å². The summed E-state index contributed by atoms with van der Waals surface area (Å²) in [5, 5.41) is 0. The summed E-state index contributed by atoms with van der Waals surface area (Å²) in [5.41, 5.74) is 1.23. The molecule has 1 saturated carbocycles. The number of carbonyl (C=O) groups excluding carboxylic acids is 1. The third-order valence-corrected chi connectivity index (χ3v) is 6.81. The first-order chi connectivity index (χ1) is 9.69. The number of thioether (sulfide) groups is 2. The monoisotopic (exact) mass is 310 g/mol. The Morgan fingerprint density at radius 3 is 2.55 bits per heavy atom. The maximum Gasteiger partial charge on any atom is 0.314 e. The van der Waals surface area contributed by atoms with E-state index in [1.165, 1.54) is 17.1 Å². The van der Waals surface area contributed by atoms with Gasteiger partial charge in [-0.25, -0.2) is 0 Å². The van der Waals surface area contributed by atoms with E-state index in [0.29, 0.717) is 22.0 Å². The average molecular weight is 310 g/mol. The summed E-state index contributed by atoms with van der Waals surface area (Å²) >= 11 is 3.90. The Hall–Kier alpha value is -0.810. The van der Waals surface area contributed by atoms with Crippen LogP contribution in [0.15, 0.2) is 18.2 Å². The lowest BCUT2D eigenvalue weighted by atomic mass is 10.2. The van der Waals surface area contributed by atoms with E-state index in [4.69, 9.17) is 9.47 Å². The number of carbonyl (C=O) groups is 1. The highest BCUT2D eigenvalue weighted by Crippen LogP contribution is 2.47. The van der Waals surface area contributed by atoms with Gasteiger partial charge in [-0.2, -0.15) is 0 Å². The maximum absolute atomic E-state index is 11.9. The first kappa shape index (κ1) is 14.1. The summed E-state index contributed by atoms with van der Waals surface area (Å²) < 4.78 is 11.3. The zero-order valence-corrected chi connectivity index (χ0v) is 13.3. The molecule has 1 saturated heterocycles. The van der Waals surface area contributed by atoms with Gasteiger partial charge in [0.05, 0.1) is 17.6 Å². The predicted molar refractivity (Wildman–Crippen MR) is 83.6 cm³/mol. The summed E-state index contributed by atoms with van der Waals surface area (Å²) in [6.07, 6.45) is 0.939. The Morgan fingerprint density at radius 2 is 1.95 bits per heavy atom. The van der Waals surface area contributed by atoms with Crippen molar-refractivity contribution in [3.05, 3.63) is 23.8 Å². The molecule has 1 aromatic carbocycles. The molecule has 3 nitrogen and oxygen atoms in total. The molecule has 2 aliphatic rings. The van der Waals surface area contributed by atoms with Crippen LogP contribution in [0, 0.1) is 11.8 Å². The molecule has 2 unspecified atom stereocenters. The van der Waals surface area contributed by atoms with Crippen molar-refractivity contribution >= 4 is 29.5 Å². The molecule has 2 atom stereocenters. The van der Waals surface area contributed by atoms with Gasteiger partial charge in [0.25, 0.3) is 0 Å². The summed E-state index contributed by atoms with van der Waals surface area (Å²) in [4.78, 5) is 11.9. The normalized spacial score (nSPS) is 25.5. The van der Waals surface area contributed by atoms with Crippen LogP contribution in [0.5, 0.6) is 11.5 Å². The second-order valence-corrected chi connectivity index (χ2v) is 7.95. The van der Waals surface area contributed by atoms with Crippen LogP contribution in [-0.4, -0.2) is 24.6 Å². The van der Waals surface area contributed by atoms with Gasteiger partial charge in [0.2, 0.25) is 0 Å². The Kier molecular flexibility index (Phi) is 4.17. The molecule has 2 fully saturated rings. The number of ether oxygens (including phenoxy) is 2. The van der Waals surface area contributed by atoms with E-state index < -0.39 is 0 Å². The van der Waals surface area contributed by atoms with Gasteiger partial charge < -0.3 is 9.47 Å². The highest BCUT2D eigenvalue weighted by Gasteiger charge is 2.41. The van der Waals surface area contributed by atoms with Gasteiger partial charge in [0, 0.05) is 11.5 Å². The van der Waals surface area contributed by atoms with E-state index in [2.05, 4.69) is 6.92 Å². The fraction of sp³-hybridized carbons (Fsp3) is 0.533. The van der Waals surface area contributed by atoms with Crippen LogP contribution in [0.25, 0.3) is 0 Å².